The second-order valence-electron chi connectivity index (χ2n) is 9.84. The van der Waals surface area contributed by atoms with Crippen LogP contribution < -0.4 is 0 Å². The number of carbonyl (C=O) groups excluding carboxylic acids is 2. The van der Waals surface area contributed by atoms with Crippen LogP contribution >= 0.6 is 0 Å². The van der Waals surface area contributed by atoms with Crippen molar-refractivity contribution in [2.75, 3.05) is 6.54 Å². The van der Waals surface area contributed by atoms with Gasteiger partial charge in [0.25, 0.3) is 10.0 Å². The number of nitrogens with zero attached hydrogens (tertiary/aromatic N) is 1. The number of Topliss-reactive ketones (excluding diaryl/α,β-unsaturated/α-hetero) is 1. The second-order valence-corrected chi connectivity index (χ2v) is 11.7. The van der Waals surface area contributed by atoms with Crippen LogP contribution in [-0.2, 0) is 16.4 Å². The van der Waals surface area contributed by atoms with E-state index in [0.717, 1.165) is 21.9 Å². The molecule has 4 aromatic rings. The minimum absolute atomic E-state index is 0.123. The number of sulfonamides is 1. The number of rotatable bonds is 4. The van der Waals surface area contributed by atoms with Crippen LogP contribution in [0.25, 0.3) is 10.8 Å². The van der Waals surface area contributed by atoms with Gasteiger partial charge in [0.15, 0.2) is 11.6 Å². The molecule has 1 heterocycles. The Morgan fingerprint density at radius 2 is 1.59 bits per heavy atom. The topological polar surface area (TPSA) is 71.5 Å². The van der Waals surface area contributed by atoms with Gasteiger partial charge in [-0.25, -0.2) is 8.42 Å². The van der Waals surface area contributed by atoms with E-state index in [4.69, 9.17) is 0 Å². The van der Waals surface area contributed by atoms with Crippen LogP contribution in [0.15, 0.2) is 108 Å². The lowest BCUT2D eigenvalue weighted by Crippen LogP contribution is -2.34. The lowest BCUT2D eigenvalue weighted by atomic mass is 9.79. The Kier molecular flexibility index (Phi) is 5.39. The molecule has 6 heteroatoms. The summed E-state index contributed by atoms with van der Waals surface area (Å²) in [5.41, 5.74) is 2.04. The Hall–Kier alpha value is -4.03. The first kappa shape index (κ1) is 23.4. The van der Waals surface area contributed by atoms with Crippen molar-refractivity contribution in [3.8, 4) is 0 Å². The fraction of sp³-hybridized carbons (Fsp3) is 0.161. The standard InChI is InChI=1S/C31H25NO4S/c1-21-10-14-26(15-11-21)37(35,36)32-17-16-31(20-25-8-4-5-9-27(25)30(31)34)29(32)19-28(33)24-13-12-22-6-2-3-7-23(22)18-24/h2-15,18-19H,16-17,20H2,1H3/b29-19-. The molecule has 1 aliphatic carbocycles. The summed E-state index contributed by atoms with van der Waals surface area (Å²) in [6.07, 6.45) is 2.08. The van der Waals surface area contributed by atoms with Gasteiger partial charge in [0.1, 0.15) is 0 Å². The fourth-order valence-corrected chi connectivity index (χ4v) is 7.15. The van der Waals surface area contributed by atoms with Crippen molar-refractivity contribution in [3.63, 3.8) is 0 Å². The van der Waals surface area contributed by atoms with Crippen molar-refractivity contribution in [3.05, 3.63) is 125 Å². The van der Waals surface area contributed by atoms with E-state index in [1.807, 2.05) is 55.5 Å². The minimum Gasteiger partial charge on any atom is -0.293 e. The van der Waals surface area contributed by atoms with E-state index >= 15 is 0 Å². The molecule has 6 rings (SSSR count). The second kappa shape index (κ2) is 8.53. The predicted octanol–water partition coefficient (Wildman–Crippen LogP) is 5.73. The molecule has 5 nitrogen and oxygen atoms in total. The zero-order valence-corrected chi connectivity index (χ0v) is 21.2. The molecule has 1 spiro atoms. The van der Waals surface area contributed by atoms with E-state index in [0.29, 0.717) is 24.0 Å². The molecule has 0 N–H and O–H groups in total. The van der Waals surface area contributed by atoms with Crippen molar-refractivity contribution in [1.82, 2.24) is 4.31 Å². The summed E-state index contributed by atoms with van der Waals surface area (Å²) < 4.78 is 28.9. The highest BCUT2D eigenvalue weighted by molar-refractivity contribution is 7.89. The first-order chi connectivity index (χ1) is 17.8. The van der Waals surface area contributed by atoms with Gasteiger partial charge in [-0.3, -0.25) is 13.9 Å². The van der Waals surface area contributed by atoms with Gasteiger partial charge in [0, 0.05) is 29.4 Å². The summed E-state index contributed by atoms with van der Waals surface area (Å²) in [5, 5.41) is 1.93. The van der Waals surface area contributed by atoms with Gasteiger partial charge in [-0.2, -0.15) is 0 Å². The summed E-state index contributed by atoms with van der Waals surface area (Å²) in [6.45, 7) is 2.02. The largest absolute Gasteiger partial charge is 0.293 e. The van der Waals surface area contributed by atoms with Crippen molar-refractivity contribution in [2.45, 2.75) is 24.7 Å². The van der Waals surface area contributed by atoms with Crippen LogP contribution in [0.5, 0.6) is 0 Å². The molecule has 1 saturated heterocycles. The highest BCUT2D eigenvalue weighted by Crippen LogP contribution is 2.51. The molecule has 4 aromatic carbocycles. The van der Waals surface area contributed by atoms with Crippen LogP contribution in [0.3, 0.4) is 0 Å². The van der Waals surface area contributed by atoms with Crippen LogP contribution in [0.4, 0.5) is 0 Å². The summed E-state index contributed by atoms with van der Waals surface area (Å²) in [6, 6.07) is 27.2. The van der Waals surface area contributed by atoms with E-state index in [2.05, 4.69) is 0 Å². The van der Waals surface area contributed by atoms with Crippen LogP contribution in [0, 0.1) is 12.3 Å². The van der Waals surface area contributed by atoms with E-state index in [9.17, 15) is 18.0 Å². The smallest absolute Gasteiger partial charge is 0.264 e. The maximum atomic E-state index is 13.8. The van der Waals surface area contributed by atoms with E-state index in [1.165, 1.54) is 10.4 Å². The Balaban J connectivity index is 1.49. The first-order valence-electron chi connectivity index (χ1n) is 12.3. The first-order valence-corrected chi connectivity index (χ1v) is 13.7. The number of allylic oxidation sites excluding steroid dienone is 2. The maximum Gasteiger partial charge on any atom is 0.264 e. The molecule has 0 radical (unpaired) electrons. The summed E-state index contributed by atoms with van der Waals surface area (Å²) in [4.78, 5) is 27.6. The number of fused-ring (bicyclic) bond motifs is 2. The zero-order chi connectivity index (χ0) is 25.8. The monoisotopic (exact) mass is 507 g/mol. The molecular weight excluding hydrogens is 482 g/mol. The Morgan fingerprint density at radius 3 is 2.35 bits per heavy atom. The van der Waals surface area contributed by atoms with Crippen molar-refractivity contribution >= 4 is 32.4 Å². The maximum absolute atomic E-state index is 13.8. The van der Waals surface area contributed by atoms with Gasteiger partial charge in [-0.05, 0) is 54.3 Å². The number of hydrogen-bond donors (Lipinski definition) is 0. The number of benzene rings is 4. The normalized spacial score (nSPS) is 20.2. The number of carbonyl (C=O) groups is 2. The van der Waals surface area contributed by atoms with Gasteiger partial charge in [-0.1, -0.05) is 78.4 Å². The minimum atomic E-state index is -3.98. The molecule has 1 fully saturated rings. The van der Waals surface area contributed by atoms with Gasteiger partial charge in [0.2, 0.25) is 0 Å². The molecule has 0 aromatic heterocycles. The molecule has 1 atom stereocenters. The summed E-state index contributed by atoms with van der Waals surface area (Å²) in [7, 11) is -3.98. The third-order valence-electron chi connectivity index (χ3n) is 7.60. The molecule has 1 aliphatic heterocycles. The lowest BCUT2D eigenvalue weighted by molar-refractivity contribution is 0.0867. The molecule has 1 unspecified atom stereocenters. The van der Waals surface area contributed by atoms with Crippen LogP contribution in [0.1, 0.15) is 38.3 Å². The molecule has 0 bridgehead atoms. The third-order valence-corrected chi connectivity index (χ3v) is 9.43. The van der Waals surface area contributed by atoms with Gasteiger partial charge < -0.3 is 0 Å². The fourth-order valence-electron chi connectivity index (χ4n) is 5.59. The Labute approximate surface area is 216 Å². The molecular formula is C31H25NO4S. The number of ketones is 2. The molecule has 184 valence electrons. The summed E-state index contributed by atoms with van der Waals surface area (Å²) in [5.74, 6) is -0.447. The Morgan fingerprint density at radius 1 is 0.892 bits per heavy atom. The number of hydrogen-bond acceptors (Lipinski definition) is 4. The SMILES string of the molecule is Cc1ccc(S(=O)(=O)N2CCC3(Cc4ccccc4C3=O)/C2=C/C(=O)c2ccc3ccccc3c2)cc1. The highest BCUT2D eigenvalue weighted by Gasteiger charge is 2.55. The van der Waals surface area contributed by atoms with Crippen LogP contribution in [-0.4, -0.2) is 30.8 Å². The average Bonchev–Trinajstić information content (AvgIpc) is 3.41. The molecule has 0 amide bonds. The quantitative estimate of drug-likeness (QED) is 0.261. The third kappa shape index (κ3) is 3.71. The lowest BCUT2D eigenvalue weighted by Gasteiger charge is -2.27. The van der Waals surface area contributed by atoms with Gasteiger partial charge >= 0.3 is 0 Å². The molecule has 2 aliphatic rings. The van der Waals surface area contributed by atoms with Gasteiger partial charge in [-0.15, -0.1) is 0 Å². The Bertz CT molecular complexity index is 1720. The van der Waals surface area contributed by atoms with Gasteiger partial charge in [0.05, 0.1) is 10.3 Å². The van der Waals surface area contributed by atoms with Crippen LogP contribution in [0.2, 0.25) is 0 Å². The predicted molar refractivity (Wildman–Crippen MR) is 143 cm³/mol. The van der Waals surface area contributed by atoms with Crippen molar-refractivity contribution in [1.29, 1.82) is 0 Å². The molecule has 0 saturated carbocycles. The van der Waals surface area contributed by atoms with E-state index < -0.39 is 15.4 Å². The highest BCUT2D eigenvalue weighted by atomic mass is 32.2. The zero-order valence-electron chi connectivity index (χ0n) is 20.3. The average molecular weight is 508 g/mol. The van der Waals surface area contributed by atoms with E-state index in [-0.39, 0.29) is 28.7 Å². The van der Waals surface area contributed by atoms with Crippen molar-refractivity contribution < 1.29 is 18.0 Å². The van der Waals surface area contributed by atoms with Crippen molar-refractivity contribution in [2.24, 2.45) is 5.41 Å². The number of aryl methyl sites for hydroxylation is 1. The van der Waals surface area contributed by atoms with E-state index in [1.54, 1.807) is 42.5 Å². The summed E-state index contributed by atoms with van der Waals surface area (Å²) >= 11 is 0. The molecule has 37 heavy (non-hydrogen) atoms.